The molecular formula is C30H38O13. The van der Waals surface area contributed by atoms with Crippen LogP contribution >= 0.6 is 0 Å². The lowest BCUT2D eigenvalue weighted by Gasteiger charge is -2.68. The molecule has 0 spiro atoms. The molecule has 13 heteroatoms. The molecule has 1 aliphatic heterocycles. The van der Waals surface area contributed by atoms with Crippen molar-refractivity contribution in [3.63, 3.8) is 0 Å². The number of fused-ring (bicyclic) bond motifs is 2. The largest absolute Gasteiger partial charge is 0.465 e. The van der Waals surface area contributed by atoms with Crippen LogP contribution in [0.5, 0.6) is 0 Å². The van der Waals surface area contributed by atoms with Crippen LogP contribution in [0.3, 0.4) is 0 Å². The zero-order chi connectivity index (χ0) is 32.2. The third kappa shape index (κ3) is 5.20. The van der Waals surface area contributed by atoms with Crippen molar-refractivity contribution in [1.82, 2.24) is 0 Å². The van der Waals surface area contributed by atoms with Crippen molar-refractivity contribution >= 4 is 41.6 Å². The molecule has 3 fully saturated rings. The van der Waals surface area contributed by atoms with Gasteiger partial charge in [0.15, 0.2) is 18.0 Å². The van der Waals surface area contributed by atoms with Crippen LogP contribution in [-0.4, -0.2) is 78.7 Å². The lowest BCUT2D eigenvalue weighted by atomic mass is 9.37. The molecule has 1 heterocycles. The third-order valence-electron chi connectivity index (χ3n) is 9.60. The second kappa shape index (κ2) is 11.4. The van der Waals surface area contributed by atoms with Gasteiger partial charge in [-0.1, -0.05) is 19.4 Å². The number of carbonyl (C=O) groups excluding carboxylic acids is 7. The van der Waals surface area contributed by atoms with Crippen molar-refractivity contribution < 1.29 is 62.0 Å². The molecule has 43 heavy (non-hydrogen) atoms. The summed E-state index contributed by atoms with van der Waals surface area (Å²) in [5.41, 5.74) is -2.21. The van der Waals surface area contributed by atoms with Gasteiger partial charge in [0.25, 0.3) is 0 Å². The summed E-state index contributed by atoms with van der Waals surface area (Å²) >= 11 is 0. The van der Waals surface area contributed by atoms with E-state index < -0.39 is 113 Å². The number of esters is 6. The Balaban J connectivity index is 2.07. The highest BCUT2D eigenvalue weighted by molar-refractivity contribution is 5.92. The summed E-state index contributed by atoms with van der Waals surface area (Å²) < 4.78 is 34.1. The molecule has 0 radical (unpaired) electrons. The average Bonchev–Trinajstić information content (AvgIpc) is 2.86. The molecule has 2 saturated carbocycles. The van der Waals surface area contributed by atoms with Gasteiger partial charge < -0.3 is 28.4 Å². The van der Waals surface area contributed by atoms with Gasteiger partial charge in [0.05, 0.1) is 5.41 Å². The molecule has 0 N–H and O–H groups in total. The van der Waals surface area contributed by atoms with Gasteiger partial charge in [-0.05, 0) is 25.3 Å². The predicted molar refractivity (Wildman–Crippen MR) is 142 cm³/mol. The molecule has 3 aliphatic carbocycles. The van der Waals surface area contributed by atoms with Crippen molar-refractivity contribution in [2.24, 2.45) is 34.5 Å². The fraction of sp³-hybridized carbons (Fsp3) is 0.700. The van der Waals surface area contributed by atoms with Gasteiger partial charge in [0.2, 0.25) is 6.10 Å². The van der Waals surface area contributed by atoms with Crippen molar-refractivity contribution in [3.05, 3.63) is 11.6 Å². The summed E-state index contributed by atoms with van der Waals surface area (Å²) in [6.07, 6.45) is -4.52. The first kappa shape index (κ1) is 32.2. The lowest BCUT2D eigenvalue weighted by Crippen LogP contribution is -2.78. The Labute approximate surface area is 248 Å². The Hall–Kier alpha value is -3.77. The third-order valence-corrected chi connectivity index (χ3v) is 9.60. The van der Waals surface area contributed by atoms with E-state index >= 15 is 0 Å². The summed E-state index contributed by atoms with van der Waals surface area (Å²) in [7, 11) is 0. The van der Waals surface area contributed by atoms with E-state index in [4.69, 9.17) is 28.4 Å². The van der Waals surface area contributed by atoms with Crippen LogP contribution in [0, 0.1) is 34.5 Å². The Kier molecular flexibility index (Phi) is 8.51. The molecule has 0 aromatic carbocycles. The molecular weight excluding hydrogens is 568 g/mol. The van der Waals surface area contributed by atoms with E-state index in [2.05, 4.69) is 0 Å². The summed E-state index contributed by atoms with van der Waals surface area (Å²) in [4.78, 5) is 89.8. The Bertz CT molecular complexity index is 1280. The highest BCUT2D eigenvalue weighted by atomic mass is 16.6. The summed E-state index contributed by atoms with van der Waals surface area (Å²) in [5, 5.41) is 0. The molecule has 11 atom stereocenters. The van der Waals surface area contributed by atoms with Gasteiger partial charge in [-0.15, -0.1) is 0 Å². The van der Waals surface area contributed by atoms with Crippen molar-refractivity contribution in [1.29, 1.82) is 0 Å². The summed E-state index contributed by atoms with van der Waals surface area (Å²) in [6, 6.07) is 0. The molecule has 1 saturated heterocycles. The molecule has 4 rings (SSSR count). The maximum atomic E-state index is 14.8. The van der Waals surface area contributed by atoms with Crippen LogP contribution in [0.2, 0.25) is 0 Å². The average molecular weight is 607 g/mol. The van der Waals surface area contributed by atoms with Gasteiger partial charge in [0, 0.05) is 57.8 Å². The van der Waals surface area contributed by atoms with E-state index in [1.807, 2.05) is 0 Å². The van der Waals surface area contributed by atoms with Gasteiger partial charge >= 0.3 is 35.8 Å². The van der Waals surface area contributed by atoms with E-state index in [9.17, 15) is 33.6 Å². The highest BCUT2D eigenvalue weighted by Crippen LogP contribution is 2.69. The maximum absolute atomic E-state index is 14.8. The Morgan fingerprint density at radius 1 is 0.860 bits per heavy atom. The van der Waals surface area contributed by atoms with E-state index in [1.54, 1.807) is 26.8 Å². The van der Waals surface area contributed by atoms with Crippen LogP contribution in [0.1, 0.15) is 61.8 Å². The topological polar surface area (TPSA) is 175 Å². The number of allylic oxidation sites excluding steroid dienone is 1. The number of carbonyl (C=O) groups is 7. The number of ether oxygens (including phenoxy) is 6. The van der Waals surface area contributed by atoms with Crippen LogP contribution in [0.15, 0.2) is 11.6 Å². The Morgan fingerprint density at radius 2 is 1.42 bits per heavy atom. The lowest BCUT2D eigenvalue weighted by molar-refractivity contribution is -0.288. The molecule has 0 aromatic heterocycles. The predicted octanol–water partition coefficient (Wildman–Crippen LogP) is 1.63. The van der Waals surface area contributed by atoms with Crippen LogP contribution in [-0.2, 0) is 62.0 Å². The number of Topliss-reactive ketones (excluding diaryl/α,β-unsaturated/α-hetero) is 1. The molecule has 0 bridgehead atoms. The second-order valence-corrected chi connectivity index (χ2v) is 12.3. The fourth-order valence-electron chi connectivity index (χ4n) is 8.46. The van der Waals surface area contributed by atoms with Gasteiger partial charge in [-0.2, -0.15) is 0 Å². The first-order valence-corrected chi connectivity index (χ1v) is 14.2. The van der Waals surface area contributed by atoms with Crippen LogP contribution < -0.4 is 0 Å². The number of rotatable bonds is 6. The second-order valence-electron chi connectivity index (χ2n) is 12.3. The summed E-state index contributed by atoms with van der Waals surface area (Å²) in [6.45, 7) is 10.5. The van der Waals surface area contributed by atoms with E-state index in [0.717, 1.165) is 13.8 Å². The van der Waals surface area contributed by atoms with E-state index in [1.165, 1.54) is 20.8 Å². The minimum Gasteiger partial charge on any atom is -0.465 e. The molecule has 0 amide bonds. The smallest absolute Gasteiger partial charge is 0.348 e. The van der Waals surface area contributed by atoms with Gasteiger partial charge in [-0.25, -0.2) is 4.79 Å². The first-order valence-electron chi connectivity index (χ1n) is 14.2. The SMILES string of the molecule is CC(=O)OCC12C3CC4C(C)=CC(OC(C)=O)C(OC(C)=O)C4(C)C1C(=O)C(OC(C)=O)C(C)C2C(OC(C)=O)C(=O)O3. The van der Waals surface area contributed by atoms with Crippen molar-refractivity contribution in [2.45, 2.75) is 92.3 Å². The van der Waals surface area contributed by atoms with E-state index in [0.29, 0.717) is 5.57 Å². The quantitative estimate of drug-likeness (QED) is 0.243. The van der Waals surface area contributed by atoms with Crippen LogP contribution in [0.4, 0.5) is 0 Å². The van der Waals surface area contributed by atoms with Gasteiger partial charge in [-0.3, -0.25) is 28.8 Å². The number of hydrogen-bond acceptors (Lipinski definition) is 13. The zero-order valence-electron chi connectivity index (χ0n) is 25.5. The first-order chi connectivity index (χ1) is 20.0. The molecule has 0 aromatic rings. The maximum Gasteiger partial charge on any atom is 0.348 e. The number of hydrogen-bond donors (Lipinski definition) is 0. The number of ketones is 1. The highest BCUT2D eigenvalue weighted by Gasteiger charge is 2.78. The minimum atomic E-state index is -1.54. The van der Waals surface area contributed by atoms with E-state index in [-0.39, 0.29) is 6.42 Å². The zero-order valence-corrected chi connectivity index (χ0v) is 25.5. The Morgan fingerprint density at radius 3 is 1.95 bits per heavy atom. The molecule has 236 valence electrons. The summed E-state index contributed by atoms with van der Waals surface area (Å²) in [5.74, 6) is -8.80. The fourth-order valence-corrected chi connectivity index (χ4v) is 8.46. The molecule has 11 unspecified atom stereocenters. The standard InChI is InChI=1S/C30H38O13/c1-12-9-20(39-15(4)32)27(42-18(7)35)29(8)19(12)10-21-30(11-38-14(3)31)22(25(28(37)43-21)41-17(6)34)13(2)24(40-16(5)33)23(36)26(29)30/h9,13,19-22,24-27H,10-11H2,1-8H3. The monoisotopic (exact) mass is 606 g/mol. The van der Waals surface area contributed by atoms with Gasteiger partial charge in [0.1, 0.15) is 18.8 Å². The minimum absolute atomic E-state index is 0.119. The van der Waals surface area contributed by atoms with Crippen molar-refractivity contribution in [3.8, 4) is 0 Å². The molecule has 4 aliphatic rings. The van der Waals surface area contributed by atoms with Crippen LogP contribution in [0.25, 0.3) is 0 Å². The normalized spacial score (nSPS) is 39.5. The van der Waals surface area contributed by atoms with Crippen molar-refractivity contribution in [2.75, 3.05) is 6.61 Å². The molecule has 13 nitrogen and oxygen atoms in total.